The van der Waals surface area contributed by atoms with E-state index in [1.165, 1.54) is 42.9 Å². The van der Waals surface area contributed by atoms with Gasteiger partial charge in [-0.15, -0.1) is 0 Å². The maximum Gasteiger partial charge on any atom is 0.345 e. The van der Waals surface area contributed by atoms with Crippen molar-refractivity contribution in [1.82, 2.24) is 34.9 Å². The number of ether oxygens (including phenoxy) is 1. The van der Waals surface area contributed by atoms with Crippen LogP contribution in [0.15, 0.2) is 61.4 Å². The SMILES string of the molecule is COc1ccc(F)cc1C(=O)NCc1ccc(C(=N)c2c(N)ncnc2NC2(CCN(C)C(=O)n3cncn3)CCC2)cc1. The Balaban J connectivity index is 1.26. The molecule has 5 N–H and O–H groups in total. The summed E-state index contributed by atoms with van der Waals surface area (Å²) in [7, 11) is 3.13. The minimum Gasteiger partial charge on any atom is -0.496 e. The predicted molar refractivity (Wildman–Crippen MR) is 161 cm³/mol. The van der Waals surface area contributed by atoms with Gasteiger partial charge in [-0.3, -0.25) is 10.2 Å². The van der Waals surface area contributed by atoms with Gasteiger partial charge in [0.15, 0.2) is 0 Å². The Morgan fingerprint density at radius 3 is 2.59 bits per heavy atom. The van der Waals surface area contributed by atoms with Gasteiger partial charge in [0.25, 0.3) is 5.91 Å². The lowest BCUT2D eigenvalue weighted by atomic mass is 9.74. The van der Waals surface area contributed by atoms with Crippen LogP contribution in [-0.4, -0.2) is 73.5 Å². The second-order valence-corrected chi connectivity index (χ2v) is 10.6. The fourth-order valence-electron chi connectivity index (χ4n) is 5.06. The van der Waals surface area contributed by atoms with Gasteiger partial charge < -0.3 is 26.0 Å². The van der Waals surface area contributed by atoms with Crippen LogP contribution in [0.3, 0.4) is 0 Å². The van der Waals surface area contributed by atoms with E-state index >= 15 is 0 Å². The average Bonchev–Trinajstić information content (AvgIpc) is 3.56. The number of carbonyl (C=O) groups is 2. The Labute approximate surface area is 253 Å². The smallest absolute Gasteiger partial charge is 0.345 e. The molecule has 5 rings (SSSR count). The van der Waals surface area contributed by atoms with Gasteiger partial charge in [-0.05, 0) is 49.4 Å². The molecule has 0 radical (unpaired) electrons. The molecule has 0 atom stereocenters. The van der Waals surface area contributed by atoms with Crippen molar-refractivity contribution in [2.24, 2.45) is 0 Å². The predicted octanol–water partition coefficient (Wildman–Crippen LogP) is 3.47. The monoisotopic (exact) mass is 600 g/mol. The minimum atomic E-state index is -0.536. The maximum atomic E-state index is 13.7. The van der Waals surface area contributed by atoms with Gasteiger partial charge >= 0.3 is 6.03 Å². The number of methoxy groups -OCH3 is 1. The summed E-state index contributed by atoms with van der Waals surface area (Å²) < 4.78 is 20.0. The number of nitrogens with zero attached hydrogens (tertiary/aromatic N) is 6. The number of carbonyl (C=O) groups excluding carboxylic acids is 2. The maximum absolute atomic E-state index is 13.7. The molecule has 228 valence electrons. The average molecular weight is 601 g/mol. The lowest BCUT2D eigenvalue weighted by molar-refractivity contribution is 0.0947. The number of anilines is 2. The fraction of sp³-hybridized carbons (Fsp3) is 0.300. The molecule has 1 fully saturated rings. The van der Waals surface area contributed by atoms with E-state index in [-0.39, 0.29) is 41.0 Å². The van der Waals surface area contributed by atoms with Crippen molar-refractivity contribution in [1.29, 1.82) is 5.41 Å². The molecule has 2 amide bonds. The summed E-state index contributed by atoms with van der Waals surface area (Å²) in [6.45, 7) is 0.662. The molecule has 2 aromatic carbocycles. The standard InChI is InChI=1S/C30H33FN10O3/c1-40(29(43)41-18-34-16-38-41)13-12-30(10-3-11-30)39-27-24(26(33)36-17-37-27)25(32)20-6-4-19(5-7-20)15-35-28(42)22-14-21(31)8-9-23(22)44-2/h4-9,14,16-18,32H,3,10-13,15H2,1-2H3,(H,35,42)(H3,33,36,37,39). The Bertz CT molecular complexity index is 1660. The molecule has 0 saturated heterocycles. The second kappa shape index (κ2) is 12.9. The Kier molecular flexibility index (Phi) is 8.78. The van der Waals surface area contributed by atoms with Crippen molar-refractivity contribution >= 4 is 29.3 Å². The summed E-state index contributed by atoms with van der Waals surface area (Å²) in [5.74, 6) is -0.114. The van der Waals surface area contributed by atoms with E-state index in [1.54, 1.807) is 36.2 Å². The normalized spacial score (nSPS) is 13.4. The molecule has 1 aliphatic rings. The van der Waals surface area contributed by atoms with Crippen molar-refractivity contribution in [2.75, 3.05) is 31.8 Å². The third-order valence-corrected chi connectivity index (χ3v) is 7.79. The second-order valence-electron chi connectivity index (χ2n) is 10.6. The van der Waals surface area contributed by atoms with E-state index in [1.807, 2.05) is 0 Å². The van der Waals surface area contributed by atoms with E-state index in [2.05, 4.69) is 30.7 Å². The summed E-state index contributed by atoms with van der Waals surface area (Å²) in [5, 5.41) is 19.2. The molecule has 0 bridgehead atoms. The molecule has 2 heterocycles. The molecule has 0 aliphatic heterocycles. The van der Waals surface area contributed by atoms with Gasteiger partial charge in [0.05, 0.1) is 23.9 Å². The molecule has 4 aromatic rings. The molecular weight excluding hydrogens is 567 g/mol. The van der Waals surface area contributed by atoms with Crippen LogP contribution >= 0.6 is 0 Å². The van der Waals surface area contributed by atoms with E-state index < -0.39 is 11.7 Å². The molecule has 13 nitrogen and oxygen atoms in total. The first kappa shape index (κ1) is 30.1. The van der Waals surface area contributed by atoms with Crippen molar-refractivity contribution in [3.8, 4) is 5.75 Å². The number of hydrogen-bond donors (Lipinski definition) is 4. The Morgan fingerprint density at radius 2 is 1.93 bits per heavy atom. The molecule has 0 spiro atoms. The van der Waals surface area contributed by atoms with Gasteiger partial charge in [-0.2, -0.15) is 9.78 Å². The summed E-state index contributed by atoms with van der Waals surface area (Å²) in [6, 6.07) is 10.6. The van der Waals surface area contributed by atoms with Gasteiger partial charge in [0, 0.05) is 31.2 Å². The molecule has 44 heavy (non-hydrogen) atoms. The minimum absolute atomic E-state index is 0.100. The van der Waals surface area contributed by atoms with E-state index in [4.69, 9.17) is 15.9 Å². The van der Waals surface area contributed by atoms with Gasteiger partial charge in [0.2, 0.25) is 0 Å². The zero-order valence-electron chi connectivity index (χ0n) is 24.4. The highest BCUT2D eigenvalue weighted by molar-refractivity contribution is 6.16. The lowest BCUT2D eigenvalue weighted by Crippen LogP contribution is -2.48. The van der Waals surface area contributed by atoms with Gasteiger partial charge in [-0.1, -0.05) is 24.3 Å². The van der Waals surface area contributed by atoms with E-state index in [0.717, 1.165) is 30.9 Å². The van der Waals surface area contributed by atoms with Crippen LogP contribution in [0.5, 0.6) is 5.75 Å². The number of amides is 2. The number of nitrogen functional groups attached to an aromatic ring is 1. The van der Waals surface area contributed by atoms with E-state index in [0.29, 0.717) is 29.9 Å². The third-order valence-electron chi connectivity index (χ3n) is 7.79. The Hall–Kier alpha value is -5.40. The largest absolute Gasteiger partial charge is 0.496 e. The lowest BCUT2D eigenvalue weighted by Gasteiger charge is -2.44. The number of benzene rings is 2. The van der Waals surface area contributed by atoms with Crippen molar-refractivity contribution in [3.05, 3.63) is 89.5 Å². The summed E-state index contributed by atoms with van der Waals surface area (Å²) >= 11 is 0. The van der Waals surface area contributed by atoms with Crippen molar-refractivity contribution in [2.45, 2.75) is 37.8 Å². The summed E-state index contributed by atoms with van der Waals surface area (Å²) in [4.78, 5) is 39.2. The molecule has 14 heteroatoms. The summed E-state index contributed by atoms with van der Waals surface area (Å²) in [6.07, 6.45) is 7.46. The number of nitrogens with one attached hydrogen (secondary N) is 3. The van der Waals surface area contributed by atoms with Crippen LogP contribution in [0.1, 0.15) is 52.7 Å². The zero-order valence-corrected chi connectivity index (χ0v) is 24.4. The van der Waals surface area contributed by atoms with Crippen LogP contribution in [0.2, 0.25) is 0 Å². The van der Waals surface area contributed by atoms with Gasteiger partial charge in [-0.25, -0.2) is 24.1 Å². The van der Waals surface area contributed by atoms with Crippen LogP contribution in [0.25, 0.3) is 0 Å². The number of rotatable bonds is 11. The molecule has 0 unspecified atom stereocenters. The highest BCUT2D eigenvalue weighted by Crippen LogP contribution is 2.39. The van der Waals surface area contributed by atoms with Crippen molar-refractivity contribution in [3.63, 3.8) is 0 Å². The number of hydrogen-bond acceptors (Lipinski definition) is 10. The molecule has 1 aliphatic carbocycles. The highest BCUT2D eigenvalue weighted by atomic mass is 19.1. The van der Waals surface area contributed by atoms with Crippen molar-refractivity contribution < 1.29 is 18.7 Å². The van der Waals surface area contributed by atoms with Crippen LogP contribution in [0.4, 0.5) is 20.8 Å². The van der Waals surface area contributed by atoms with Crippen LogP contribution in [-0.2, 0) is 6.54 Å². The van der Waals surface area contributed by atoms with Gasteiger partial charge in [0.1, 0.15) is 42.2 Å². The number of halogens is 1. The first-order valence-electron chi connectivity index (χ1n) is 14.0. The zero-order chi connectivity index (χ0) is 31.3. The van der Waals surface area contributed by atoms with Crippen LogP contribution < -0.4 is 21.1 Å². The van der Waals surface area contributed by atoms with E-state index in [9.17, 15) is 14.0 Å². The first-order valence-corrected chi connectivity index (χ1v) is 14.0. The third kappa shape index (κ3) is 6.48. The van der Waals surface area contributed by atoms with Crippen LogP contribution in [0, 0.1) is 11.2 Å². The fourth-order valence-corrected chi connectivity index (χ4v) is 5.06. The Morgan fingerprint density at radius 1 is 1.16 bits per heavy atom. The number of aromatic nitrogens is 5. The molecule has 2 aromatic heterocycles. The topological polar surface area (TPSA) is 177 Å². The highest BCUT2D eigenvalue weighted by Gasteiger charge is 2.38. The quantitative estimate of drug-likeness (QED) is 0.188. The molecular formula is C30H33FN10O3. The first-order chi connectivity index (χ1) is 21.2. The number of nitrogens with two attached hydrogens (primary N) is 1. The summed E-state index contributed by atoms with van der Waals surface area (Å²) in [5.41, 5.74) is 7.92. The molecule has 1 saturated carbocycles.